The first-order chi connectivity index (χ1) is 10.3. The van der Waals surface area contributed by atoms with E-state index in [1.807, 2.05) is 6.21 Å². The van der Waals surface area contributed by atoms with Gasteiger partial charge in [0.2, 0.25) is 5.91 Å². The van der Waals surface area contributed by atoms with E-state index in [9.17, 15) is 4.79 Å². The molecule has 2 bridgehead atoms. The van der Waals surface area contributed by atoms with Crippen LogP contribution in [0.5, 0.6) is 0 Å². The molecule has 0 aromatic rings. The molecule has 1 N–H and O–H groups in total. The number of carbonyl (C=O) groups excluding carboxylic acids is 1. The second kappa shape index (κ2) is 9.22. The third-order valence-corrected chi connectivity index (χ3v) is 5.26. The summed E-state index contributed by atoms with van der Waals surface area (Å²) in [5, 5.41) is 4.19. The molecule has 0 aromatic carbocycles. The molecule has 0 saturated heterocycles. The van der Waals surface area contributed by atoms with Crippen molar-refractivity contribution < 1.29 is 4.79 Å². The van der Waals surface area contributed by atoms with Crippen LogP contribution in [-0.2, 0) is 4.79 Å². The quantitative estimate of drug-likeness (QED) is 0.355. The Kier molecular flexibility index (Phi) is 7.25. The molecular formula is C18H32N2O. The van der Waals surface area contributed by atoms with Gasteiger partial charge in [-0.25, -0.2) is 5.43 Å². The minimum absolute atomic E-state index is 0.0861. The maximum absolute atomic E-state index is 11.7. The average molecular weight is 292 g/mol. The lowest BCUT2D eigenvalue weighted by Gasteiger charge is -2.16. The Morgan fingerprint density at radius 1 is 1.10 bits per heavy atom. The standard InChI is InChI=1S/C18H32N2O/c1-2-3-4-5-6-7-8-9-18(21)20-19-14-17-13-15-10-11-16(17)12-15/h14-17H,2-13H2,1H3,(H,20,21)/b19-14+. The van der Waals surface area contributed by atoms with E-state index >= 15 is 0 Å². The minimum Gasteiger partial charge on any atom is -0.273 e. The van der Waals surface area contributed by atoms with E-state index in [4.69, 9.17) is 0 Å². The van der Waals surface area contributed by atoms with Crippen LogP contribution >= 0.6 is 0 Å². The van der Waals surface area contributed by atoms with E-state index in [1.165, 1.54) is 64.2 Å². The molecule has 120 valence electrons. The predicted molar refractivity (Wildman–Crippen MR) is 88.2 cm³/mol. The monoisotopic (exact) mass is 292 g/mol. The van der Waals surface area contributed by atoms with Crippen molar-refractivity contribution in [2.75, 3.05) is 0 Å². The van der Waals surface area contributed by atoms with Gasteiger partial charge in [-0.3, -0.25) is 4.79 Å². The summed E-state index contributed by atoms with van der Waals surface area (Å²) in [6.07, 6.45) is 16.8. The average Bonchev–Trinajstić information content (AvgIpc) is 3.09. The van der Waals surface area contributed by atoms with Gasteiger partial charge in [-0.2, -0.15) is 5.10 Å². The summed E-state index contributed by atoms with van der Waals surface area (Å²) in [5.41, 5.74) is 2.71. The molecule has 2 saturated carbocycles. The van der Waals surface area contributed by atoms with Crippen molar-refractivity contribution in [2.24, 2.45) is 22.9 Å². The second-order valence-corrected chi connectivity index (χ2v) is 7.02. The van der Waals surface area contributed by atoms with Crippen LogP contribution in [0, 0.1) is 17.8 Å². The van der Waals surface area contributed by atoms with Crippen molar-refractivity contribution in [3.05, 3.63) is 0 Å². The van der Waals surface area contributed by atoms with Crippen LogP contribution in [0.3, 0.4) is 0 Å². The Morgan fingerprint density at radius 3 is 2.52 bits per heavy atom. The van der Waals surface area contributed by atoms with Crippen molar-refractivity contribution in [3.8, 4) is 0 Å². The predicted octanol–water partition coefficient (Wildman–Crippen LogP) is 4.67. The van der Waals surface area contributed by atoms with Crippen LogP contribution in [0.1, 0.15) is 84.0 Å². The number of rotatable bonds is 10. The number of amides is 1. The zero-order valence-electron chi connectivity index (χ0n) is 13.7. The highest BCUT2D eigenvalue weighted by Crippen LogP contribution is 2.47. The first kappa shape index (κ1) is 16.5. The van der Waals surface area contributed by atoms with Crippen LogP contribution in [0.2, 0.25) is 0 Å². The second-order valence-electron chi connectivity index (χ2n) is 7.02. The van der Waals surface area contributed by atoms with Crippen molar-refractivity contribution in [3.63, 3.8) is 0 Å². The highest BCUT2D eigenvalue weighted by molar-refractivity contribution is 5.76. The molecule has 0 aliphatic heterocycles. The molecule has 3 atom stereocenters. The molecule has 0 heterocycles. The normalized spacial score (nSPS) is 27.6. The van der Waals surface area contributed by atoms with Crippen molar-refractivity contribution in [1.82, 2.24) is 5.43 Å². The van der Waals surface area contributed by atoms with E-state index < -0.39 is 0 Å². The fourth-order valence-corrected chi connectivity index (χ4v) is 3.98. The summed E-state index contributed by atoms with van der Waals surface area (Å²) < 4.78 is 0. The number of nitrogens with one attached hydrogen (secondary N) is 1. The van der Waals surface area contributed by atoms with Gasteiger partial charge in [0.25, 0.3) is 0 Å². The molecule has 1 amide bonds. The largest absolute Gasteiger partial charge is 0.273 e. The summed E-state index contributed by atoms with van der Waals surface area (Å²) in [7, 11) is 0. The van der Waals surface area contributed by atoms with Gasteiger partial charge in [0.15, 0.2) is 0 Å². The van der Waals surface area contributed by atoms with Crippen LogP contribution in [-0.4, -0.2) is 12.1 Å². The highest BCUT2D eigenvalue weighted by atomic mass is 16.2. The fourth-order valence-electron chi connectivity index (χ4n) is 3.98. The first-order valence-electron chi connectivity index (χ1n) is 9.11. The summed E-state index contributed by atoms with van der Waals surface area (Å²) in [6, 6.07) is 0. The molecule has 0 aromatic heterocycles. The number of nitrogens with zero attached hydrogens (tertiary/aromatic N) is 1. The van der Waals surface area contributed by atoms with Gasteiger partial charge >= 0.3 is 0 Å². The Labute approximate surface area is 130 Å². The van der Waals surface area contributed by atoms with Gasteiger partial charge in [-0.15, -0.1) is 0 Å². The summed E-state index contributed by atoms with van der Waals surface area (Å²) in [4.78, 5) is 11.7. The third-order valence-electron chi connectivity index (χ3n) is 5.26. The lowest BCUT2D eigenvalue weighted by atomic mass is 9.90. The van der Waals surface area contributed by atoms with Crippen molar-refractivity contribution >= 4 is 12.1 Å². The molecule has 3 unspecified atom stereocenters. The SMILES string of the molecule is CCCCCCCCCC(=O)N/N=C/C1CC2CCC1C2. The molecule has 0 spiro atoms. The van der Waals surface area contributed by atoms with Crippen molar-refractivity contribution in [1.29, 1.82) is 0 Å². The molecule has 2 aliphatic carbocycles. The van der Waals surface area contributed by atoms with Crippen molar-refractivity contribution in [2.45, 2.75) is 84.0 Å². The Balaban J connectivity index is 1.46. The van der Waals surface area contributed by atoms with Gasteiger partial charge < -0.3 is 0 Å². The summed E-state index contributed by atoms with van der Waals surface area (Å²) >= 11 is 0. The van der Waals surface area contributed by atoms with Gasteiger partial charge in [-0.05, 0) is 43.4 Å². The van der Waals surface area contributed by atoms with Crippen LogP contribution in [0.15, 0.2) is 5.10 Å². The Morgan fingerprint density at radius 2 is 1.86 bits per heavy atom. The highest BCUT2D eigenvalue weighted by Gasteiger charge is 2.38. The molecule has 3 nitrogen and oxygen atoms in total. The number of hydrogen-bond acceptors (Lipinski definition) is 2. The fraction of sp³-hybridized carbons (Fsp3) is 0.889. The summed E-state index contributed by atoms with van der Waals surface area (Å²) in [5.74, 6) is 2.50. The van der Waals surface area contributed by atoms with E-state index in [0.29, 0.717) is 12.3 Å². The van der Waals surface area contributed by atoms with Crippen LogP contribution < -0.4 is 5.43 Å². The van der Waals surface area contributed by atoms with Crippen LogP contribution in [0.25, 0.3) is 0 Å². The molecule has 3 heteroatoms. The van der Waals surface area contributed by atoms with Gasteiger partial charge in [0.05, 0.1) is 0 Å². The minimum atomic E-state index is 0.0861. The molecule has 21 heavy (non-hydrogen) atoms. The maximum atomic E-state index is 11.7. The number of carbonyl (C=O) groups is 1. The molecular weight excluding hydrogens is 260 g/mol. The first-order valence-corrected chi connectivity index (χ1v) is 9.11. The number of fused-ring (bicyclic) bond motifs is 2. The summed E-state index contributed by atoms with van der Waals surface area (Å²) in [6.45, 7) is 2.24. The lowest BCUT2D eigenvalue weighted by molar-refractivity contribution is -0.121. The molecule has 2 rings (SSSR count). The van der Waals surface area contributed by atoms with Crippen LogP contribution in [0.4, 0.5) is 0 Å². The Bertz CT molecular complexity index is 340. The van der Waals surface area contributed by atoms with E-state index in [0.717, 1.165) is 18.3 Å². The molecule has 2 aliphatic rings. The number of hydrogen-bond donors (Lipinski definition) is 1. The topological polar surface area (TPSA) is 41.5 Å². The number of hydrazone groups is 1. The Hall–Kier alpha value is -0.860. The number of unbranched alkanes of at least 4 members (excludes halogenated alkanes) is 6. The smallest absolute Gasteiger partial charge is 0.240 e. The van der Waals surface area contributed by atoms with Gasteiger partial charge in [0, 0.05) is 12.6 Å². The van der Waals surface area contributed by atoms with E-state index in [1.54, 1.807) is 0 Å². The molecule has 2 fully saturated rings. The van der Waals surface area contributed by atoms with Gasteiger partial charge in [0.1, 0.15) is 0 Å². The zero-order valence-corrected chi connectivity index (χ0v) is 13.7. The molecule has 0 radical (unpaired) electrons. The van der Waals surface area contributed by atoms with Gasteiger partial charge in [-0.1, -0.05) is 51.9 Å². The zero-order chi connectivity index (χ0) is 14.9. The third kappa shape index (κ3) is 5.80. The lowest BCUT2D eigenvalue weighted by Crippen LogP contribution is -2.19. The van der Waals surface area contributed by atoms with E-state index in [-0.39, 0.29) is 5.91 Å². The van der Waals surface area contributed by atoms with E-state index in [2.05, 4.69) is 17.5 Å². The maximum Gasteiger partial charge on any atom is 0.240 e.